The van der Waals surface area contributed by atoms with Crippen molar-refractivity contribution in [2.45, 2.75) is 26.9 Å². The normalized spacial score (nSPS) is 11.3. The van der Waals surface area contributed by atoms with E-state index in [-0.39, 0.29) is 11.7 Å². The third-order valence-electron chi connectivity index (χ3n) is 4.63. The summed E-state index contributed by atoms with van der Waals surface area (Å²) in [6, 6.07) is 20.4. The zero-order valence-corrected chi connectivity index (χ0v) is 17.0. The van der Waals surface area contributed by atoms with Gasteiger partial charge >= 0.3 is 0 Å². The van der Waals surface area contributed by atoms with E-state index in [1.807, 2.05) is 65.7 Å². The van der Waals surface area contributed by atoms with Crippen LogP contribution in [0.25, 0.3) is 6.08 Å². The van der Waals surface area contributed by atoms with Crippen LogP contribution in [0.4, 0.5) is 4.39 Å². The van der Waals surface area contributed by atoms with E-state index >= 15 is 0 Å². The number of nitrogens with zero attached hydrogens (tertiary/aromatic N) is 2. The van der Waals surface area contributed by atoms with E-state index in [2.05, 4.69) is 18.4 Å². The predicted octanol–water partition coefficient (Wildman–Crippen LogP) is 5.37. The lowest BCUT2D eigenvalue weighted by Gasteiger charge is -2.24. The number of aromatic nitrogens is 1. The van der Waals surface area contributed by atoms with E-state index < -0.39 is 0 Å². The van der Waals surface area contributed by atoms with Crippen molar-refractivity contribution in [1.29, 1.82) is 0 Å². The third-order valence-corrected chi connectivity index (χ3v) is 4.63. The minimum atomic E-state index is -0.237. The van der Waals surface area contributed by atoms with Gasteiger partial charge in [-0.05, 0) is 47.4 Å². The van der Waals surface area contributed by atoms with Gasteiger partial charge in [-0.25, -0.2) is 4.39 Å². The average Bonchev–Trinajstić information content (AvgIpc) is 3.12. The molecule has 1 aromatic heterocycles. The number of halogens is 1. The summed E-state index contributed by atoms with van der Waals surface area (Å²) in [6.07, 6.45) is 5.46. The zero-order valence-electron chi connectivity index (χ0n) is 17.0. The van der Waals surface area contributed by atoms with Crippen LogP contribution in [-0.2, 0) is 17.9 Å². The molecular formula is C25H27FN2O. The average molecular weight is 391 g/mol. The summed E-state index contributed by atoms with van der Waals surface area (Å²) in [7, 11) is 0. The molecule has 0 fully saturated rings. The second-order valence-electron chi connectivity index (χ2n) is 7.61. The van der Waals surface area contributed by atoms with Crippen molar-refractivity contribution in [3.63, 3.8) is 0 Å². The van der Waals surface area contributed by atoms with E-state index in [4.69, 9.17) is 0 Å². The fourth-order valence-electron chi connectivity index (χ4n) is 3.29. The number of rotatable bonds is 8. The first-order chi connectivity index (χ1) is 14.0. The Morgan fingerprint density at radius 3 is 2.59 bits per heavy atom. The number of amides is 1. The summed E-state index contributed by atoms with van der Waals surface area (Å²) in [5.74, 6) is 0.107. The van der Waals surface area contributed by atoms with Gasteiger partial charge in [0.05, 0.1) is 6.54 Å². The lowest BCUT2D eigenvalue weighted by atomic mass is 10.1. The van der Waals surface area contributed by atoms with Gasteiger partial charge in [0.2, 0.25) is 5.91 Å². The molecule has 0 unspecified atom stereocenters. The molecule has 0 atom stereocenters. The summed E-state index contributed by atoms with van der Waals surface area (Å²) in [5, 5.41) is 0. The molecule has 2 aromatic carbocycles. The van der Waals surface area contributed by atoms with Gasteiger partial charge in [0.1, 0.15) is 5.82 Å². The Hall–Kier alpha value is -3.14. The Kier molecular flexibility index (Phi) is 7.01. The van der Waals surface area contributed by atoms with Gasteiger partial charge in [-0.15, -0.1) is 0 Å². The first kappa shape index (κ1) is 20.6. The minimum Gasteiger partial charge on any atom is -0.345 e. The monoisotopic (exact) mass is 390 g/mol. The van der Waals surface area contributed by atoms with Crippen LogP contribution < -0.4 is 0 Å². The van der Waals surface area contributed by atoms with E-state index in [0.29, 0.717) is 25.6 Å². The zero-order chi connectivity index (χ0) is 20.6. The first-order valence-electron chi connectivity index (χ1n) is 9.92. The summed E-state index contributed by atoms with van der Waals surface area (Å²) < 4.78 is 15.6. The molecule has 0 spiro atoms. The maximum Gasteiger partial charge on any atom is 0.246 e. The first-order valence-corrected chi connectivity index (χ1v) is 9.92. The standard InChI is InChI=1S/C25H27FN2O/c1-20(2)17-28(25(29)14-13-21-8-4-3-5-9-21)19-24-12-7-15-27(24)18-22-10-6-11-23(26)16-22/h3-16,20H,17-19H2,1-2H3/b14-13+. The molecule has 0 saturated carbocycles. The van der Waals surface area contributed by atoms with Gasteiger partial charge in [0.15, 0.2) is 0 Å². The maximum atomic E-state index is 13.5. The lowest BCUT2D eigenvalue weighted by molar-refractivity contribution is -0.127. The van der Waals surface area contributed by atoms with Crippen LogP contribution in [0, 0.1) is 11.7 Å². The van der Waals surface area contributed by atoms with Gasteiger partial charge in [-0.2, -0.15) is 0 Å². The van der Waals surface area contributed by atoms with Crippen LogP contribution in [0.5, 0.6) is 0 Å². The molecule has 0 radical (unpaired) electrons. The Morgan fingerprint density at radius 2 is 1.86 bits per heavy atom. The molecule has 150 valence electrons. The molecule has 0 bridgehead atoms. The fourth-order valence-corrected chi connectivity index (χ4v) is 3.29. The van der Waals surface area contributed by atoms with Crippen LogP contribution in [0.1, 0.15) is 30.7 Å². The van der Waals surface area contributed by atoms with Crippen molar-refractivity contribution in [2.75, 3.05) is 6.54 Å². The molecule has 0 saturated heterocycles. The van der Waals surface area contributed by atoms with Crippen LogP contribution in [-0.4, -0.2) is 21.9 Å². The van der Waals surface area contributed by atoms with Crippen LogP contribution >= 0.6 is 0 Å². The van der Waals surface area contributed by atoms with Crippen LogP contribution in [0.2, 0.25) is 0 Å². The molecule has 0 N–H and O–H groups in total. The van der Waals surface area contributed by atoms with Crippen molar-refractivity contribution in [1.82, 2.24) is 9.47 Å². The smallest absolute Gasteiger partial charge is 0.246 e. The molecule has 0 aliphatic rings. The van der Waals surface area contributed by atoms with Crippen molar-refractivity contribution in [3.05, 3.63) is 102 Å². The predicted molar refractivity (Wildman–Crippen MR) is 116 cm³/mol. The highest BCUT2D eigenvalue weighted by atomic mass is 19.1. The van der Waals surface area contributed by atoms with Crippen molar-refractivity contribution < 1.29 is 9.18 Å². The number of carbonyl (C=O) groups excluding carboxylic acids is 1. The summed E-state index contributed by atoms with van der Waals surface area (Å²) in [4.78, 5) is 14.7. The molecule has 1 amide bonds. The largest absolute Gasteiger partial charge is 0.345 e. The molecule has 3 nitrogen and oxygen atoms in total. The van der Waals surface area contributed by atoms with Gasteiger partial charge < -0.3 is 9.47 Å². The second-order valence-corrected chi connectivity index (χ2v) is 7.61. The van der Waals surface area contributed by atoms with E-state index in [1.165, 1.54) is 6.07 Å². The Labute approximate surface area is 172 Å². The summed E-state index contributed by atoms with van der Waals surface area (Å²) in [6.45, 7) is 5.96. The molecule has 0 aliphatic heterocycles. The number of hydrogen-bond donors (Lipinski definition) is 0. The number of benzene rings is 2. The van der Waals surface area contributed by atoms with E-state index in [9.17, 15) is 9.18 Å². The van der Waals surface area contributed by atoms with Gasteiger partial charge in [-0.3, -0.25) is 4.79 Å². The van der Waals surface area contributed by atoms with E-state index in [0.717, 1.165) is 16.8 Å². The highest BCUT2D eigenvalue weighted by molar-refractivity contribution is 5.91. The van der Waals surface area contributed by atoms with Crippen LogP contribution in [0.3, 0.4) is 0 Å². The molecule has 3 aromatic rings. The molecule has 3 rings (SSSR count). The number of hydrogen-bond acceptors (Lipinski definition) is 1. The quantitative estimate of drug-likeness (QED) is 0.475. The minimum absolute atomic E-state index is 0.0129. The second kappa shape index (κ2) is 9.87. The Bertz CT molecular complexity index is 960. The van der Waals surface area contributed by atoms with E-state index in [1.54, 1.807) is 18.2 Å². The van der Waals surface area contributed by atoms with Gasteiger partial charge in [-0.1, -0.05) is 56.3 Å². The van der Waals surface area contributed by atoms with Crippen molar-refractivity contribution in [2.24, 2.45) is 5.92 Å². The highest BCUT2D eigenvalue weighted by Crippen LogP contribution is 2.14. The molecular weight excluding hydrogens is 363 g/mol. The molecule has 0 aliphatic carbocycles. The number of carbonyl (C=O) groups is 1. The van der Waals surface area contributed by atoms with Crippen molar-refractivity contribution >= 4 is 12.0 Å². The molecule has 29 heavy (non-hydrogen) atoms. The molecule has 4 heteroatoms. The lowest BCUT2D eigenvalue weighted by Crippen LogP contribution is -2.33. The van der Waals surface area contributed by atoms with Gasteiger partial charge in [0.25, 0.3) is 0 Å². The SMILES string of the molecule is CC(C)CN(Cc1cccn1Cc1cccc(F)c1)C(=O)/C=C/c1ccccc1. The van der Waals surface area contributed by atoms with Crippen LogP contribution in [0.15, 0.2) is 79.0 Å². The van der Waals surface area contributed by atoms with Crippen molar-refractivity contribution in [3.8, 4) is 0 Å². The third kappa shape index (κ3) is 6.18. The molecule has 1 heterocycles. The highest BCUT2D eigenvalue weighted by Gasteiger charge is 2.15. The summed E-state index contributed by atoms with van der Waals surface area (Å²) in [5.41, 5.74) is 2.92. The Balaban J connectivity index is 1.74. The topological polar surface area (TPSA) is 25.2 Å². The fraction of sp³-hybridized carbons (Fsp3) is 0.240. The summed E-state index contributed by atoms with van der Waals surface area (Å²) >= 11 is 0. The maximum absolute atomic E-state index is 13.5. The van der Waals surface area contributed by atoms with Gasteiger partial charge in [0, 0.05) is 31.1 Å². The Morgan fingerprint density at radius 1 is 1.07 bits per heavy atom.